The number of halogens is 2. The highest BCUT2D eigenvalue weighted by Crippen LogP contribution is 2.30. The van der Waals surface area contributed by atoms with E-state index in [1.807, 2.05) is 51.1 Å². The summed E-state index contributed by atoms with van der Waals surface area (Å²) in [6, 6.07) is 12.7. The Hall–Kier alpha value is -1.97. The van der Waals surface area contributed by atoms with Gasteiger partial charge in [-0.05, 0) is 44.0 Å². The molecular weight excluding hydrogens is 331 g/mol. The van der Waals surface area contributed by atoms with Crippen LogP contribution in [0.2, 0.25) is 0 Å². The van der Waals surface area contributed by atoms with E-state index in [-0.39, 0.29) is 5.16 Å². The molecule has 2 rings (SSSR count). The molecule has 0 radical (unpaired) electrons. The van der Waals surface area contributed by atoms with Gasteiger partial charge >= 0.3 is 6.03 Å². The summed E-state index contributed by atoms with van der Waals surface area (Å²) in [4.78, 5) is 12.0. The lowest BCUT2D eigenvalue weighted by molar-refractivity contribution is 0.255. The summed E-state index contributed by atoms with van der Waals surface area (Å²) in [5.41, 5.74) is 4.68. The fraction of sp³-hybridized carbons (Fsp3) is 0.167. The van der Waals surface area contributed by atoms with E-state index in [2.05, 4.69) is 10.6 Å². The van der Waals surface area contributed by atoms with Crippen molar-refractivity contribution in [3.05, 3.63) is 69.9 Å². The van der Waals surface area contributed by atoms with Crippen molar-refractivity contribution < 1.29 is 4.79 Å². The fourth-order valence-electron chi connectivity index (χ4n) is 2.47. The largest absolute Gasteiger partial charge is 0.324 e. The minimum atomic E-state index is -0.443. The third-order valence-corrected chi connectivity index (χ3v) is 4.10. The van der Waals surface area contributed by atoms with E-state index in [1.165, 1.54) is 0 Å². The number of carbonyl (C=O) groups excluding carboxylic acids is 1. The molecule has 0 saturated carbocycles. The number of para-hydroxylation sites is 1. The Kier molecular flexibility index (Phi) is 5.69. The van der Waals surface area contributed by atoms with Crippen molar-refractivity contribution in [2.45, 2.75) is 20.8 Å². The Labute approximate surface area is 146 Å². The third kappa shape index (κ3) is 4.50. The normalized spacial score (nSPS) is 11.7. The first kappa shape index (κ1) is 17.4. The van der Waals surface area contributed by atoms with Gasteiger partial charge in [0.1, 0.15) is 5.16 Å². The molecule has 0 bridgehead atoms. The van der Waals surface area contributed by atoms with E-state index in [1.54, 1.807) is 12.1 Å². The van der Waals surface area contributed by atoms with E-state index in [9.17, 15) is 4.79 Å². The molecule has 2 N–H and O–H groups in total. The molecule has 3 nitrogen and oxygen atoms in total. The van der Waals surface area contributed by atoms with Gasteiger partial charge in [0.25, 0.3) is 0 Å². The summed E-state index contributed by atoms with van der Waals surface area (Å²) >= 11 is 12.6. The molecule has 0 fully saturated rings. The van der Waals surface area contributed by atoms with E-state index in [0.29, 0.717) is 10.7 Å². The van der Waals surface area contributed by atoms with Gasteiger partial charge in [0, 0.05) is 11.3 Å². The average molecular weight is 349 g/mol. The van der Waals surface area contributed by atoms with Crippen molar-refractivity contribution in [2.75, 3.05) is 5.32 Å². The third-order valence-electron chi connectivity index (χ3n) is 3.34. The number of aryl methyl sites for hydroxylation is 3. The summed E-state index contributed by atoms with van der Waals surface area (Å²) in [6.45, 7) is 5.95. The van der Waals surface area contributed by atoms with Crippen molar-refractivity contribution in [3.8, 4) is 0 Å². The molecule has 120 valence electrons. The van der Waals surface area contributed by atoms with Crippen LogP contribution in [0.3, 0.4) is 0 Å². The van der Waals surface area contributed by atoms with Crippen LogP contribution in [-0.2, 0) is 0 Å². The second kappa shape index (κ2) is 7.53. The zero-order chi connectivity index (χ0) is 17.0. The van der Waals surface area contributed by atoms with Crippen molar-refractivity contribution in [3.63, 3.8) is 0 Å². The zero-order valence-corrected chi connectivity index (χ0v) is 14.7. The predicted molar refractivity (Wildman–Crippen MR) is 97.9 cm³/mol. The number of nitrogens with one attached hydrogen (secondary N) is 2. The Balaban J connectivity index is 2.19. The van der Waals surface area contributed by atoms with E-state index < -0.39 is 6.03 Å². The summed E-state index contributed by atoms with van der Waals surface area (Å²) < 4.78 is 0. The van der Waals surface area contributed by atoms with Crippen LogP contribution in [0, 0.1) is 20.8 Å². The van der Waals surface area contributed by atoms with Gasteiger partial charge < -0.3 is 5.32 Å². The predicted octanol–water partition coefficient (Wildman–Crippen LogP) is 5.54. The number of carbonyl (C=O) groups is 1. The molecule has 0 spiro atoms. The number of amides is 2. The van der Waals surface area contributed by atoms with Gasteiger partial charge in [-0.1, -0.05) is 59.1 Å². The van der Waals surface area contributed by atoms with Crippen LogP contribution in [0.5, 0.6) is 0 Å². The number of hydrogen-bond donors (Lipinski definition) is 2. The van der Waals surface area contributed by atoms with Gasteiger partial charge in [-0.25, -0.2) is 4.79 Å². The fourth-order valence-corrected chi connectivity index (χ4v) is 3.00. The molecule has 0 aliphatic heterocycles. The zero-order valence-electron chi connectivity index (χ0n) is 13.2. The highest BCUT2D eigenvalue weighted by atomic mass is 35.5. The van der Waals surface area contributed by atoms with E-state index in [0.717, 1.165) is 22.3 Å². The minimum absolute atomic E-state index is 0.0927. The first-order valence-electron chi connectivity index (χ1n) is 7.15. The smallest absolute Gasteiger partial charge is 0.308 e. The highest BCUT2D eigenvalue weighted by Gasteiger charge is 2.13. The molecular formula is C18H18Cl2N2O. The van der Waals surface area contributed by atoms with E-state index >= 15 is 0 Å². The SMILES string of the molecule is Cc1cc(C)c(/C(Cl)=C(\Cl)NC(=O)Nc2ccccc2)c(C)c1. The maximum absolute atomic E-state index is 12.0. The molecule has 2 aromatic rings. The molecule has 23 heavy (non-hydrogen) atoms. The standard InChI is InChI=1S/C18H18Cl2N2O/c1-11-9-12(2)15(13(3)10-11)16(19)17(20)22-18(23)21-14-7-5-4-6-8-14/h4-10H,1-3H3,(H2,21,22,23)/b17-16-. The van der Waals surface area contributed by atoms with Crippen LogP contribution in [-0.4, -0.2) is 6.03 Å². The van der Waals surface area contributed by atoms with Crippen molar-refractivity contribution in [1.82, 2.24) is 5.32 Å². The summed E-state index contributed by atoms with van der Waals surface area (Å²) in [6.07, 6.45) is 0. The lowest BCUT2D eigenvalue weighted by atomic mass is 10.00. The van der Waals surface area contributed by atoms with Crippen LogP contribution < -0.4 is 10.6 Å². The van der Waals surface area contributed by atoms with Gasteiger partial charge in [0.15, 0.2) is 0 Å². The molecule has 2 amide bonds. The monoisotopic (exact) mass is 348 g/mol. The molecule has 0 saturated heterocycles. The molecule has 0 unspecified atom stereocenters. The van der Waals surface area contributed by atoms with Gasteiger partial charge in [0.2, 0.25) is 0 Å². The highest BCUT2D eigenvalue weighted by molar-refractivity contribution is 6.55. The van der Waals surface area contributed by atoms with E-state index in [4.69, 9.17) is 23.2 Å². The summed E-state index contributed by atoms with van der Waals surface area (Å²) in [5.74, 6) is 0. The van der Waals surface area contributed by atoms with Crippen LogP contribution in [0.25, 0.3) is 5.03 Å². The topological polar surface area (TPSA) is 41.1 Å². The van der Waals surface area contributed by atoms with Crippen molar-refractivity contribution in [2.24, 2.45) is 0 Å². The van der Waals surface area contributed by atoms with Gasteiger partial charge in [-0.15, -0.1) is 0 Å². The Bertz CT molecular complexity index is 732. The van der Waals surface area contributed by atoms with Gasteiger partial charge in [-0.2, -0.15) is 0 Å². The summed E-state index contributed by atoms with van der Waals surface area (Å²) in [5, 5.41) is 5.67. The lowest BCUT2D eigenvalue weighted by Gasteiger charge is -2.13. The van der Waals surface area contributed by atoms with Crippen LogP contribution in [0.1, 0.15) is 22.3 Å². The second-order valence-corrected chi connectivity index (χ2v) is 6.10. The molecule has 2 aromatic carbocycles. The molecule has 5 heteroatoms. The van der Waals surface area contributed by atoms with Crippen LogP contribution >= 0.6 is 23.2 Å². The Morgan fingerprint density at radius 2 is 1.52 bits per heavy atom. The molecule has 0 heterocycles. The van der Waals surface area contributed by atoms with Crippen molar-refractivity contribution >= 4 is 40.0 Å². The van der Waals surface area contributed by atoms with Gasteiger partial charge in [0.05, 0.1) is 5.03 Å². The quantitative estimate of drug-likeness (QED) is 0.702. The van der Waals surface area contributed by atoms with Crippen LogP contribution in [0.4, 0.5) is 10.5 Å². The maximum Gasteiger partial charge on any atom is 0.324 e. The number of hydrogen-bond acceptors (Lipinski definition) is 1. The van der Waals surface area contributed by atoms with Crippen LogP contribution in [0.15, 0.2) is 47.6 Å². The molecule has 0 aliphatic rings. The Morgan fingerprint density at radius 1 is 0.957 bits per heavy atom. The lowest BCUT2D eigenvalue weighted by Crippen LogP contribution is -2.26. The molecule has 0 aliphatic carbocycles. The minimum Gasteiger partial charge on any atom is -0.308 e. The second-order valence-electron chi connectivity index (χ2n) is 5.35. The number of benzene rings is 2. The first-order chi connectivity index (χ1) is 10.9. The Morgan fingerprint density at radius 3 is 2.09 bits per heavy atom. The molecule has 0 atom stereocenters. The first-order valence-corrected chi connectivity index (χ1v) is 7.90. The molecule has 0 aromatic heterocycles. The van der Waals surface area contributed by atoms with Gasteiger partial charge in [-0.3, -0.25) is 5.32 Å². The number of urea groups is 1. The van der Waals surface area contributed by atoms with Crippen molar-refractivity contribution in [1.29, 1.82) is 0 Å². The number of rotatable bonds is 3. The summed E-state index contributed by atoms with van der Waals surface area (Å²) in [7, 11) is 0. The maximum atomic E-state index is 12.0. The number of anilines is 1. The average Bonchev–Trinajstić information content (AvgIpc) is 2.46.